The van der Waals surface area contributed by atoms with Gasteiger partial charge in [-0.3, -0.25) is 0 Å². The summed E-state index contributed by atoms with van der Waals surface area (Å²) in [6.45, 7) is 0.393. The molecule has 0 aliphatic carbocycles. The third-order valence-electron chi connectivity index (χ3n) is 4.23. The summed E-state index contributed by atoms with van der Waals surface area (Å²) < 4.78 is 12.7. The minimum atomic E-state index is -1.03. The quantitative estimate of drug-likeness (QED) is 0.419. The monoisotopic (exact) mass is 422 g/mol. The molecule has 134 valence electrons. The Morgan fingerprint density at radius 1 is 1.00 bits per heavy atom. The first-order valence-electron chi connectivity index (χ1n) is 8.34. The molecule has 4 rings (SSSR count). The van der Waals surface area contributed by atoms with Gasteiger partial charge in [-0.05, 0) is 35.9 Å². The fourth-order valence-corrected chi connectivity index (χ4v) is 3.18. The van der Waals surface area contributed by atoms with E-state index in [1.165, 1.54) is 0 Å². The molecular formula is C22H15BrO4. The molecule has 3 aromatic carbocycles. The van der Waals surface area contributed by atoms with Gasteiger partial charge >= 0.3 is 5.97 Å². The van der Waals surface area contributed by atoms with Crippen LogP contribution in [0.4, 0.5) is 0 Å². The number of ether oxygens (including phenoxy) is 1. The first-order valence-corrected chi connectivity index (χ1v) is 9.13. The predicted octanol–water partition coefficient (Wildman–Crippen LogP) is 6.14. The number of hydrogen-bond acceptors (Lipinski definition) is 3. The summed E-state index contributed by atoms with van der Waals surface area (Å²) in [6.07, 6.45) is 0. The highest BCUT2D eigenvalue weighted by Gasteiger charge is 2.22. The van der Waals surface area contributed by atoms with Gasteiger partial charge in [0.2, 0.25) is 0 Å². The van der Waals surface area contributed by atoms with Crippen LogP contribution in [0.3, 0.4) is 0 Å². The number of carbonyl (C=O) groups is 1. The molecule has 0 saturated carbocycles. The van der Waals surface area contributed by atoms with Crippen LogP contribution in [0.1, 0.15) is 15.9 Å². The third kappa shape index (κ3) is 3.59. The number of furan rings is 1. The Hall–Kier alpha value is -3.05. The maximum Gasteiger partial charge on any atom is 0.340 e. The van der Waals surface area contributed by atoms with Gasteiger partial charge in [0.1, 0.15) is 29.3 Å². The molecule has 1 aromatic heterocycles. The summed E-state index contributed by atoms with van der Waals surface area (Å²) in [7, 11) is 0. The highest BCUT2D eigenvalue weighted by atomic mass is 79.9. The Morgan fingerprint density at radius 2 is 1.74 bits per heavy atom. The van der Waals surface area contributed by atoms with Gasteiger partial charge in [0, 0.05) is 15.4 Å². The Kier molecular flexibility index (Phi) is 4.69. The molecule has 0 unspecified atom stereocenters. The van der Waals surface area contributed by atoms with Crippen LogP contribution < -0.4 is 4.74 Å². The Morgan fingerprint density at radius 3 is 2.44 bits per heavy atom. The first-order chi connectivity index (χ1) is 13.1. The number of halogens is 1. The summed E-state index contributed by atoms with van der Waals surface area (Å²) in [5.41, 5.74) is 2.41. The molecular weight excluding hydrogens is 408 g/mol. The molecule has 0 fully saturated rings. The first kappa shape index (κ1) is 17.4. The molecule has 4 aromatic rings. The van der Waals surface area contributed by atoms with Gasteiger partial charge in [-0.15, -0.1) is 0 Å². The lowest BCUT2D eigenvalue weighted by molar-refractivity contribution is 0.0699. The summed E-state index contributed by atoms with van der Waals surface area (Å²) in [5.74, 6) is -0.0887. The highest BCUT2D eigenvalue weighted by Crippen LogP contribution is 2.35. The van der Waals surface area contributed by atoms with Crippen LogP contribution in [-0.4, -0.2) is 11.1 Å². The van der Waals surface area contributed by atoms with E-state index in [4.69, 9.17) is 9.15 Å². The van der Waals surface area contributed by atoms with Gasteiger partial charge in [-0.25, -0.2) is 4.79 Å². The van der Waals surface area contributed by atoms with Gasteiger partial charge in [-0.2, -0.15) is 0 Å². The van der Waals surface area contributed by atoms with Crippen LogP contribution >= 0.6 is 15.9 Å². The molecule has 1 N–H and O–H groups in total. The third-order valence-corrected chi connectivity index (χ3v) is 4.76. The summed E-state index contributed by atoms with van der Waals surface area (Å²) >= 11 is 3.40. The smallest absolute Gasteiger partial charge is 0.340 e. The van der Waals surface area contributed by atoms with E-state index in [0.717, 1.165) is 15.6 Å². The van der Waals surface area contributed by atoms with Crippen molar-refractivity contribution in [2.24, 2.45) is 0 Å². The molecule has 0 spiro atoms. The lowest BCUT2D eigenvalue weighted by atomic mass is 10.1. The van der Waals surface area contributed by atoms with Crippen molar-refractivity contribution in [2.45, 2.75) is 6.61 Å². The van der Waals surface area contributed by atoms with Crippen LogP contribution in [0.5, 0.6) is 5.75 Å². The molecule has 0 saturated heterocycles. The van der Waals surface area contributed by atoms with Crippen LogP contribution in [0.2, 0.25) is 0 Å². The number of rotatable bonds is 5. The van der Waals surface area contributed by atoms with Crippen molar-refractivity contribution in [1.82, 2.24) is 0 Å². The molecule has 0 aliphatic heterocycles. The second kappa shape index (κ2) is 7.29. The predicted molar refractivity (Wildman–Crippen MR) is 107 cm³/mol. The van der Waals surface area contributed by atoms with Gasteiger partial charge in [0.15, 0.2) is 0 Å². The molecule has 0 bridgehead atoms. The summed E-state index contributed by atoms with van der Waals surface area (Å²) in [5, 5.41) is 10.3. The number of carboxylic acids is 1. The topological polar surface area (TPSA) is 59.7 Å². The van der Waals surface area contributed by atoms with E-state index < -0.39 is 5.97 Å². The van der Waals surface area contributed by atoms with Crippen molar-refractivity contribution in [1.29, 1.82) is 0 Å². The van der Waals surface area contributed by atoms with Crippen molar-refractivity contribution < 1.29 is 19.1 Å². The van der Waals surface area contributed by atoms with E-state index in [9.17, 15) is 9.90 Å². The average Bonchev–Trinajstić information content (AvgIpc) is 3.07. The van der Waals surface area contributed by atoms with Crippen LogP contribution in [0.25, 0.3) is 22.3 Å². The van der Waals surface area contributed by atoms with Gasteiger partial charge < -0.3 is 14.3 Å². The number of hydrogen-bond donors (Lipinski definition) is 1. The van der Waals surface area contributed by atoms with Crippen molar-refractivity contribution in [2.75, 3.05) is 0 Å². The van der Waals surface area contributed by atoms with E-state index in [1.807, 2.05) is 54.6 Å². The van der Waals surface area contributed by atoms with Crippen LogP contribution in [-0.2, 0) is 6.61 Å². The van der Waals surface area contributed by atoms with E-state index in [0.29, 0.717) is 29.1 Å². The second-order valence-electron chi connectivity index (χ2n) is 6.05. The van der Waals surface area contributed by atoms with E-state index >= 15 is 0 Å². The molecule has 0 aliphatic rings. The largest absolute Gasteiger partial charge is 0.489 e. The van der Waals surface area contributed by atoms with Crippen molar-refractivity contribution in [3.63, 3.8) is 0 Å². The van der Waals surface area contributed by atoms with Crippen LogP contribution in [0.15, 0.2) is 81.7 Å². The normalized spacial score (nSPS) is 10.9. The second-order valence-corrected chi connectivity index (χ2v) is 6.97. The zero-order valence-electron chi connectivity index (χ0n) is 14.2. The van der Waals surface area contributed by atoms with Gasteiger partial charge in [0.05, 0.1) is 0 Å². The molecule has 0 atom stereocenters. The average molecular weight is 423 g/mol. The SMILES string of the molecule is O=C(O)c1c(-c2ccccc2)oc2ccc(OCc3ccc(Br)cc3)cc12. The number of benzene rings is 3. The maximum atomic E-state index is 11.9. The minimum Gasteiger partial charge on any atom is -0.489 e. The fourth-order valence-electron chi connectivity index (χ4n) is 2.92. The van der Waals surface area contributed by atoms with Crippen molar-refractivity contribution in [3.05, 3.63) is 88.4 Å². The molecule has 4 nitrogen and oxygen atoms in total. The fraction of sp³-hybridized carbons (Fsp3) is 0.0455. The number of carboxylic acid groups (broad SMARTS) is 1. The highest BCUT2D eigenvalue weighted by molar-refractivity contribution is 9.10. The van der Waals surface area contributed by atoms with E-state index in [2.05, 4.69) is 15.9 Å². The zero-order chi connectivity index (χ0) is 18.8. The molecule has 0 amide bonds. The maximum absolute atomic E-state index is 11.9. The van der Waals surface area contributed by atoms with Crippen LogP contribution in [0, 0.1) is 0 Å². The Labute approximate surface area is 164 Å². The number of aromatic carboxylic acids is 1. The van der Waals surface area contributed by atoms with Crippen molar-refractivity contribution in [3.8, 4) is 17.1 Å². The number of fused-ring (bicyclic) bond motifs is 1. The Balaban J connectivity index is 1.70. The lowest BCUT2D eigenvalue weighted by Gasteiger charge is -2.06. The molecule has 0 radical (unpaired) electrons. The standard InChI is InChI=1S/C22H15BrO4/c23-16-8-6-14(7-9-16)13-26-17-10-11-19-18(12-17)20(22(24)25)21(27-19)15-4-2-1-3-5-15/h1-12H,13H2,(H,24,25). The van der Waals surface area contributed by atoms with Gasteiger partial charge in [0.25, 0.3) is 0 Å². The van der Waals surface area contributed by atoms with Gasteiger partial charge in [-0.1, -0.05) is 58.4 Å². The zero-order valence-corrected chi connectivity index (χ0v) is 15.8. The van der Waals surface area contributed by atoms with E-state index in [1.54, 1.807) is 18.2 Å². The van der Waals surface area contributed by atoms with E-state index in [-0.39, 0.29) is 5.56 Å². The Bertz CT molecular complexity index is 1100. The van der Waals surface area contributed by atoms with Crippen molar-refractivity contribution >= 4 is 32.9 Å². The molecule has 1 heterocycles. The minimum absolute atomic E-state index is 0.144. The molecule has 5 heteroatoms. The molecule has 27 heavy (non-hydrogen) atoms. The lowest BCUT2D eigenvalue weighted by Crippen LogP contribution is -1.98. The summed E-state index contributed by atoms with van der Waals surface area (Å²) in [6, 6.07) is 22.3. The summed E-state index contributed by atoms with van der Waals surface area (Å²) in [4.78, 5) is 11.9.